The van der Waals surface area contributed by atoms with Crippen molar-refractivity contribution in [3.05, 3.63) is 42.5 Å². The second-order valence-electron chi connectivity index (χ2n) is 4.78. The van der Waals surface area contributed by atoms with Gasteiger partial charge in [0.2, 0.25) is 6.49 Å². The molecule has 2 aromatic carbocycles. The molecular weight excluding hydrogens is 333 g/mol. The van der Waals surface area contributed by atoms with Gasteiger partial charge >= 0.3 is 0 Å². The lowest BCUT2D eigenvalue weighted by molar-refractivity contribution is -0.246. The van der Waals surface area contributed by atoms with E-state index < -0.39 is 12.6 Å². The molecule has 2 rings (SSSR count). The minimum atomic E-state index is -2.73. The average Bonchev–Trinajstić information content (AvgIpc) is 2.52. The standard InChI is InChI=1S/C16H20NO4PS/c1-3-20-22(23,21-4-2)12-17(16(18)19)15-11-7-9-13-8-5-6-10-14(13)15/h5-11H,3-4,12H2,1-2H3,(H,18,19)/p-1. The number of carbonyl (C=O) groups excluding carboxylic acids is 1. The molecule has 0 atom stereocenters. The third kappa shape index (κ3) is 4.30. The van der Waals surface area contributed by atoms with Gasteiger partial charge in [-0.25, -0.2) is 0 Å². The first-order chi connectivity index (χ1) is 11.0. The van der Waals surface area contributed by atoms with Crippen molar-refractivity contribution < 1.29 is 18.9 Å². The minimum absolute atomic E-state index is 0.0413. The van der Waals surface area contributed by atoms with Gasteiger partial charge in [-0.05, 0) is 37.1 Å². The summed E-state index contributed by atoms with van der Waals surface area (Å²) in [5, 5.41) is 13.5. The van der Waals surface area contributed by atoms with Gasteiger partial charge in [0, 0.05) is 5.39 Å². The van der Waals surface area contributed by atoms with Gasteiger partial charge in [0.1, 0.15) is 6.09 Å². The Hall–Kier alpha value is -1.46. The van der Waals surface area contributed by atoms with Crippen LogP contribution < -0.4 is 10.0 Å². The average molecular weight is 352 g/mol. The summed E-state index contributed by atoms with van der Waals surface area (Å²) in [7, 11) is 0. The predicted molar refractivity (Wildman–Crippen MR) is 94.2 cm³/mol. The van der Waals surface area contributed by atoms with Gasteiger partial charge < -0.3 is 23.8 Å². The van der Waals surface area contributed by atoms with E-state index in [-0.39, 0.29) is 6.29 Å². The number of rotatable bonds is 7. The Labute approximate surface area is 141 Å². The molecule has 0 unspecified atom stereocenters. The van der Waals surface area contributed by atoms with Crippen LogP contribution in [0.2, 0.25) is 0 Å². The molecule has 0 aliphatic rings. The van der Waals surface area contributed by atoms with Crippen molar-refractivity contribution in [3.63, 3.8) is 0 Å². The number of hydrogen-bond donors (Lipinski definition) is 0. The van der Waals surface area contributed by atoms with Crippen LogP contribution in [0.5, 0.6) is 0 Å². The fourth-order valence-electron chi connectivity index (χ4n) is 2.36. The molecule has 2 aromatic rings. The van der Waals surface area contributed by atoms with Crippen molar-refractivity contribution in [1.29, 1.82) is 0 Å². The molecule has 0 radical (unpaired) electrons. The van der Waals surface area contributed by atoms with Gasteiger partial charge in [0.15, 0.2) is 0 Å². The van der Waals surface area contributed by atoms with Gasteiger partial charge in [0.25, 0.3) is 0 Å². The summed E-state index contributed by atoms with van der Waals surface area (Å²) < 4.78 is 11.1. The molecule has 0 aromatic heterocycles. The van der Waals surface area contributed by atoms with Gasteiger partial charge in [-0.2, -0.15) is 0 Å². The van der Waals surface area contributed by atoms with E-state index >= 15 is 0 Å². The number of hydrogen-bond acceptors (Lipinski definition) is 5. The number of nitrogens with zero attached hydrogens (tertiary/aromatic N) is 1. The summed E-state index contributed by atoms with van der Waals surface area (Å²) in [5.74, 6) is 0. The lowest BCUT2D eigenvalue weighted by atomic mass is 10.1. The van der Waals surface area contributed by atoms with Crippen molar-refractivity contribution in [3.8, 4) is 0 Å². The minimum Gasteiger partial charge on any atom is -0.530 e. The molecule has 0 bridgehead atoms. The highest BCUT2D eigenvalue weighted by atomic mass is 32.5. The molecule has 124 valence electrons. The zero-order chi connectivity index (χ0) is 16.9. The Bertz CT molecular complexity index is 722. The third-order valence-electron chi connectivity index (χ3n) is 3.24. The van der Waals surface area contributed by atoms with Crippen LogP contribution in [-0.2, 0) is 20.9 Å². The maximum Gasteiger partial charge on any atom is 0.208 e. The van der Waals surface area contributed by atoms with E-state index in [0.29, 0.717) is 18.9 Å². The molecule has 0 saturated heterocycles. The normalized spacial score (nSPS) is 11.6. The zero-order valence-corrected chi connectivity index (χ0v) is 14.8. The first kappa shape index (κ1) is 17.9. The zero-order valence-electron chi connectivity index (χ0n) is 13.1. The second kappa shape index (κ2) is 7.88. The maximum absolute atomic E-state index is 11.7. The summed E-state index contributed by atoms with van der Waals surface area (Å²) in [6, 6.07) is 13.0. The summed E-state index contributed by atoms with van der Waals surface area (Å²) in [5.41, 5.74) is 0.525. The first-order valence-corrected chi connectivity index (χ1v) is 10.2. The van der Waals surface area contributed by atoms with Crippen LogP contribution in [0.25, 0.3) is 10.8 Å². The fourth-order valence-corrected chi connectivity index (χ4v) is 4.98. The highest BCUT2D eigenvalue weighted by Gasteiger charge is 2.24. The molecule has 5 nitrogen and oxygen atoms in total. The van der Waals surface area contributed by atoms with Crippen molar-refractivity contribution in [2.45, 2.75) is 13.8 Å². The Kier molecular flexibility index (Phi) is 6.13. The summed E-state index contributed by atoms with van der Waals surface area (Å²) in [6.07, 6.45) is -1.37. The number of fused-ring (bicyclic) bond motifs is 1. The van der Waals surface area contributed by atoms with E-state index in [2.05, 4.69) is 0 Å². The van der Waals surface area contributed by atoms with Crippen LogP contribution in [0.4, 0.5) is 10.5 Å². The van der Waals surface area contributed by atoms with Crippen molar-refractivity contribution in [2.24, 2.45) is 0 Å². The Balaban J connectivity index is 2.45. The topological polar surface area (TPSA) is 61.8 Å². The van der Waals surface area contributed by atoms with Crippen molar-refractivity contribution in [2.75, 3.05) is 24.4 Å². The molecule has 0 N–H and O–H groups in total. The van der Waals surface area contributed by atoms with Crippen LogP contribution >= 0.6 is 6.49 Å². The van der Waals surface area contributed by atoms with Gasteiger partial charge in [0.05, 0.1) is 25.2 Å². The molecule has 0 spiro atoms. The molecular formula is C16H19NO4PS-. The molecule has 0 aliphatic carbocycles. The lowest BCUT2D eigenvalue weighted by Crippen LogP contribution is -2.42. The smallest absolute Gasteiger partial charge is 0.208 e. The van der Waals surface area contributed by atoms with Crippen LogP contribution in [0.1, 0.15) is 13.8 Å². The SMILES string of the molecule is CCOP(=S)(CN(C(=O)[O-])c1cccc2ccccc12)OCC. The van der Waals surface area contributed by atoms with Gasteiger partial charge in [-0.3, -0.25) is 0 Å². The summed E-state index contributed by atoms with van der Waals surface area (Å²) >= 11 is 5.45. The molecule has 0 heterocycles. The largest absolute Gasteiger partial charge is 0.530 e. The second-order valence-corrected chi connectivity index (χ2v) is 8.47. The molecule has 23 heavy (non-hydrogen) atoms. The highest BCUT2D eigenvalue weighted by molar-refractivity contribution is 8.10. The van der Waals surface area contributed by atoms with Crippen molar-refractivity contribution in [1.82, 2.24) is 0 Å². The number of carboxylic acid groups (broad SMARTS) is 1. The number of anilines is 1. The van der Waals surface area contributed by atoms with E-state index in [0.717, 1.165) is 15.7 Å². The quantitative estimate of drug-likeness (QED) is 0.715. The van der Waals surface area contributed by atoms with Crippen LogP contribution in [0, 0.1) is 0 Å². The van der Waals surface area contributed by atoms with Crippen molar-refractivity contribution >= 4 is 40.9 Å². The Morgan fingerprint density at radius 3 is 2.35 bits per heavy atom. The monoisotopic (exact) mass is 352 g/mol. The first-order valence-electron chi connectivity index (χ1n) is 7.35. The Morgan fingerprint density at radius 2 is 1.74 bits per heavy atom. The van der Waals surface area contributed by atoms with E-state index in [1.807, 2.05) is 30.3 Å². The third-order valence-corrected chi connectivity index (χ3v) is 6.16. The molecule has 7 heteroatoms. The van der Waals surface area contributed by atoms with Crippen LogP contribution in [-0.4, -0.2) is 25.6 Å². The molecule has 0 fully saturated rings. The molecule has 1 amide bonds. The number of amides is 1. The van der Waals surface area contributed by atoms with E-state index in [9.17, 15) is 9.90 Å². The highest BCUT2D eigenvalue weighted by Crippen LogP contribution is 2.50. The predicted octanol–water partition coefficient (Wildman–Crippen LogP) is 3.33. The molecule has 0 aliphatic heterocycles. The fraction of sp³-hybridized carbons (Fsp3) is 0.312. The summed E-state index contributed by atoms with van der Waals surface area (Å²) in [6.45, 7) is 1.62. The van der Waals surface area contributed by atoms with Gasteiger partial charge in [-0.15, -0.1) is 0 Å². The lowest BCUT2D eigenvalue weighted by Gasteiger charge is -2.31. The Morgan fingerprint density at radius 1 is 1.13 bits per heavy atom. The van der Waals surface area contributed by atoms with Gasteiger partial charge in [-0.1, -0.05) is 36.4 Å². The van der Waals surface area contributed by atoms with E-state index in [1.54, 1.807) is 26.0 Å². The number of benzene rings is 2. The van der Waals surface area contributed by atoms with E-state index in [1.165, 1.54) is 0 Å². The van der Waals surface area contributed by atoms with Crippen LogP contribution in [0.15, 0.2) is 42.5 Å². The number of carbonyl (C=O) groups is 1. The molecule has 0 saturated carbocycles. The summed E-state index contributed by atoms with van der Waals surface area (Å²) in [4.78, 5) is 12.8. The maximum atomic E-state index is 11.7. The van der Waals surface area contributed by atoms with Crippen LogP contribution in [0.3, 0.4) is 0 Å². The van der Waals surface area contributed by atoms with E-state index in [4.69, 9.17) is 20.9 Å².